The average Bonchev–Trinajstić information content (AvgIpc) is 2.68. The molecule has 2 heterocycles. The highest BCUT2D eigenvalue weighted by Gasteiger charge is 2.13. The van der Waals surface area contributed by atoms with Crippen molar-refractivity contribution in [2.24, 2.45) is 11.8 Å². The molecule has 2 aromatic heterocycles. The predicted molar refractivity (Wildman–Crippen MR) is 71.2 cm³/mol. The lowest BCUT2D eigenvalue weighted by Crippen LogP contribution is -2.15. The van der Waals surface area contributed by atoms with Crippen LogP contribution in [0, 0.1) is 11.8 Å². The maximum Gasteiger partial charge on any atom is 0.224 e. The molecule has 2 aromatic rings. The fraction of sp³-hybridized carbons (Fsp3) is 0.538. The van der Waals surface area contributed by atoms with E-state index in [1.54, 1.807) is 6.20 Å². The summed E-state index contributed by atoms with van der Waals surface area (Å²) in [6, 6.07) is 2.04. The standard InChI is InChI=1S/C13H18ClN3/c1-4-10(9(2)3)8-17-6-5-11-7-15-13(14)16-12(11)17/h5-7,9-10H,4,8H2,1-3H3. The molecule has 0 aliphatic rings. The second kappa shape index (κ2) is 5.05. The first-order chi connectivity index (χ1) is 8.11. The number of hydrogen-bond donors (Lipinski definition) is 0. The van der Waals surface area contributed by atoms with E-state index in [0.717, 1.165) is 17.6 Å². The molecule has 0 saturated carbocycles. The minimum absolute atomic E-state index is 0.315. The molecule has 0 radical (unpaired) electrons. The molecule has 0 saturated heterocycles. The Morgan fingerprint density at radius 1 is 1.41 bits per heavy atom. The fourth-order valence-corrected chi connectivity index (χ4v) is 2.29. The van der Waals surface area contributed by atoms with Gasteiger partial charge in [-0.2, -0.15) is 4.98 Å². The molecule has 0 spiro atoms. The van der Waals surface area contributed by atoms with Gasteiger partial charge in [-0.1, -0.05) is 27.2 Å². The molecule has 0 N–H and O–H groups in total. The van der Waals surface area contributed by atoms with Crippen LogP contribution in [0.4, 0.5) is 0 Å². The van der Waals surface area contributed by atoms with Crippen molar-refractivity contribution in [1.82, 2.24) is 14.5 Å². The van der Waals surface area contributed by atoms with Crippen molar-refractivity contribution >= 4 is 22.6 Å². The Hall–Kier alpha value is -1.09. The highest BCUT2D eigenvalue weighted by atomic mass is 35.5. The Morgan fingerprint density at radius 3 is 2.82 bits per heavy atom. The summed E-state index contributed by atoms with van der Waals surface area (Å²) in [5.41, 5.74) is 0.934. The number of fused-ring (bicyclic) bond motifs is 1. The molecule has 0 fully saturated rings. The first-order valence-corrected chi connectivity index (χ1v) is 6.47. The summed E-state index contributed by atoms with van der Waals surface area (Å²) in [4.78, 5) is 8.30. The zero-order valence-electron chi connectivity index (χ0n) is 10.5. The van der Waals surface area contributed by atoms with E-state index in [1.807, 2.05) is 6.07 Å². The number of aromatic nitrogens is 3. The highest BCUT2D eigenvalue weighted by molar-refractivity contribution is 6.28. The van der Waals surface area contributed by atoms with Gasteiger partial charge in [0.2, 0.25) is 5.28 Å². The van der Waals surface area contributed by atoms with Crippen molar-refractivity contribution in [3.8, 4) is 0 Å². The van der Waals surface area contributed by atoms with Crippen molar-refractivity contribution in [2.45, 2.75) is 33.7 Å². The van der Waals surface area contributed by atoms with Gasteiger partial charge in [0.1, 0.15) is 5.65 Å². The predicted octanol–water partition coefficient (Wildman–Crippen LogP) is 3.77. The molecule has 17 heavy (non-hydrogen) atoms. The molecule has 0 amide bonds. The maximum absolute atomic E-state index is 5.84. The summed E-state index contributed by atoms with van der Waals surface area (Å²) >= 11 is 5.84. The zero-order valence-corrected chi connectivity index (χ0v) is 11.3. The van der Waals surface area contributed by atoms with Crippen LogP contribution in [0.25, 0.3) is 11.0 Å². The van der Waals surface area contributed by atoms with E-state index >= 15 is 0 Å². The number of nitrogens with zero attached hydrogens (tertiary/aromatic N) is 3. The van der Waals surface area contributed by atoms with Gasteiger partial charge in [0.15, 0.2) is 0 Å². The molecule has 2 rings (SSSR count). The average molecular weight is 252 g/mol. The lowest BCUT2D eigenvalue weighted by molar-refractivity contribution is 0.328. The molecule has 0 aromatic carbocycles. The van der Waals surface area contributed by atoms with Crippen LogP contribution in [0.3, 0.4) is 0 Å². The smallest absolute Gasteiger partial charge is 0.224 e. The maximum atomic E-state index is 5.84. The van der Waals surface area contributed by atoms with Crippen LogP contribution in [-0.2, 0) is 6.54 Å². The van der Waals surface area contributed by atoms with E-state index in [-0.39, 0.29) is 0 Å². The van der Waals surface area contributed by atoms with E-state index in [2.05, 4.69) is 41.5 Å². The summed E-state index contributed by atoms with van der Waals surface area (Å²) in [5.74, 6) is 1.34. The zero-order chi connectivity index (χ0) is 12.4. The molecule has 0 aliphatic heterocycles. The van der Waals surface area contributed by atoms with Gasteiger partial charge in [0.25, 0.3) is 0 Å². The van der Waals surface area contributed by atoms with E-state index < -0.39 is 0 Å². The summed E-state index contributed by atoms with van der Waals surface area (Å²) < 4.78 is 2.18. The van der Waals surface area contributed by atoms with Crippen LogP contribution in [0.1, 0.15) is 27.2 Å². The van der Waals surface area contributed by atoms with Gasteiger partial charge in [-0.15, -0.1) is 0 Å². The van der Waals surface area contributed by atoms with E-state index in [9.17, 15) is 0 Å². The van der Waals surface area contributed by atoms with Gasteiger partial charge in [-0.25, -0.2) is 4.98 Å². The Bertz CT molecular complexity index is 504. The quantitative estimate of drug-likeness (QED) is 0.775. The Kier molecular flexibility index (Phi) is 3.67. The van der Waals surface area contributed by atoms with Crippen molar-refractivity contribution in [3.05, 3.63) is 23.7 Å². The topological polar surface area (TPSA) is 30.7 Å². The van der Waals surface area contributed by atoms with Crippen molar-refractivity contribution in [3.63, 3.8) is 0 Å². The summed E-state index contributed by atoms with van der Waals surface area (Å²) in [5, 5.41) is 1.36. The molecular formula is C13H18ClN3. The van der Waals surface area contributed by atoms with E-state index in [4.69, 9.17) is 11.6 Å². The van der Waals surface area contributed by atoms with Crippen LogP contribution in [0.2, 0.25) is 5.28 Å². The lowest BCUT2D eigenvalue weighted by atomic mass is 9.93. The molecule has 92 valence electrons. The molecule has 0 bridgehead atoms. The van der Waals surface area contributed by atoms with Crippen LogP contribution in [0.5, 0.6) is 0 Å². The first-order valence-electron chi connectivity index (χ1n) is 6.09. The van der Waals surface area contributed by atoms with Crippen LogP contribution >= 0.6 is 11.6 Å². The van der Waals surface area contributed by atoms with Crippen molar-refractivity contribution in [2.75, 3.05) is 0 Å². The van der Waals surface area contributed by atoms with E-state index in [1.165, 1.54) is 6.42 Å². The largest absolute Gasteiger partial charge is 0.332 e. The van der Waals surface area contributed by atoms with Crippen LogP contribution in [0.15, 0.2) is 18.5 Å². The monoisotopic (exact) mass is 251 g/mol. The second-order valence-electron chi connectivity index (χ2n) is 4.80. The SMILES string of the molecule is CCC(Cn1ccc2cnc(Cl)nc21)C(C)C. The second-order valence-corrected chi connectivity index (χ2v) is 5.14. The Labute approximate surface area is 107 Å². The number of hydrogen-bond acceptors (Lipinski definition) is 2. The molecule has 1 atom stereocenters. The van der Waals surface area contributed by atoms with Crippen LogP contribution in [-0.4, -0.2) is 14.5 Å². The lowest BCUT2D eigenvalue weighted by Gasteiger charge is -2.19. The van der Waals surface area contributed by atoms with E-state index in [0.29, 0.717) is 17.1 Å². The van der Waals surface area contributed by atoms with Gasteiger partial charge < -0.3 is 4.57 Å². The first kappa shape index (κ1) is 12.4. The third-order valence-corrected chi connectivity index (χ3v) is 3.55. The minimum atomic E-state index is 0.315. The van der Waals surface area contributed by atoms with Gasteiger partial charge >= 0.3 is 0 Å². The minimum Gasteiger partial charge on any atom is -0.332 e. The Balaban J connectivity index is 2.32. The fourth-order valence-electron chi connectivity index (χ4n) is 2.16. The Morgan fingerprint density at radius 2 is 2.18 bits per heavy atom. The molecule has 1 unspecified atom stereocenters. The third kappa shape index (κ3) is 2.60. The van der Waals surface area contributed by atoms with Crippen LogP contribution < -0.4 is 0 Å². The van der Waals surface area contributed by atoms with Gasteiger partial charge in [0, 0.05) is 24.3 Å². The van der Waals surface area contributed by atoms with Crippen molar-refractivity contribution in [1.29, 1.82) is 0 Å². The molecular weight excluding hydrogens is 234 g/mol. The van der Waals surface area contributed by atoms with Gasteiger partial charge in [-0.05, 0) is 29.5 Å². The highest BCUT2D eigenvalue weighted by Crippen LogP contribution is 2.21. The van der Waals surface area contributed by atoms with Crippen molar-refractivity contribution < 1.29 is 0 Å². The van der Waals surface area contributed by atoms with Gasteiger partial charge in [-0.3, -0.25) is 0 Å². The number of halogens is 1. The summed E-state index contributed by atoms with van der Waals surface area (Å²) in [7, 11) is 0. The molecule has 3 nitrogen and oxygen atoms in total. The molecule has 4 heteroatoms. The van der Waals surface area contributed by atoms with Gasteiger partial charge in [0.05, 0.1) is 0 Å². The molecule has 0 aliphatic carbocycles. The number of rotatable bonds is 4. The summed E-state index contributed by atoms with van der Waals surface area (Å²) in [6.45, 7) is 7.76. The summed E-state index contributed by atoms with van der Waals surface area (Å²) in [6.07, 6.45) is 5.02. The third-order valence-electron chi connectivity index (χ3n) is 3.37. The normalized spacial score (nSPS) is 13.5.